The van der Waals surface area contributed by atoms with Crippen LogP contribution < -0.4 is 0 Å². The molecule has 3 aromatic rings. The summed E-state index contributed by atoms with van der Waals surface area (Å²) in [4.78, 5) is 0. The Morgan fingerprint density at radius 2 is 0.560 bits per heavy atom. The van der Waals surface area contributed by atoms with Crippen molar-refractivity contribution in [2.75, 3.05) is 7.11 Å². The maximum Gasteiger partial charge on any atom is 0.0319 e. The molecule has 1 N–H and O–H groups in total. The van der Waals surface area contributed by atoms with Gasteiger partial charge in [0, 0.05) is 7.11 Å². The third-order valence-corrected chi connectivity index (χ3v) is 2.82. The van der Waals surface area contributed by atoms with Crippen molar-refractivity contribution in [1.82, 2.24) is 0 Å². The molecule has 1 heteroatoms. The van der Waals surface area contributed by atoms with Crippen LogP contribution in [-0.4, -0.2) is 12.2 Å². The first kappa shape index (κ1) is 24.9. The SMILES string of the molecule is CC.CO.Cc1ccccc1.Cc1ccccc1.Cc1ccccc1. The van der Waals surface area contributed by atoms with Crippen molar-refractivity contribution < 1.29 is 5.11 Å². The normalized spacial score (nSPS) is 7.80. The summed E-state index contributed by atoms with van der Waals surface area (Å²) >= 11 is 0. The fraction of sp³-hybridized carbons (Fsp3) is 0.250. The molecule has 0 amide bonds. The molecule has 0 saturated heterocycles. The van der Waals surface area contributed by atoms with Gasteiger partial charge in [0.25, 0.3) is 0 Å². The Kier molecular flexibility index (Phi) is 19.6. The number of aliphatic hydroxyl groups excluding tert-OH is 1. The molecule has 3 aromatic carbocycles. The Hall–Kier alpha value is -2.38. The first-order valence-electron chi connectivity index (χ1n) is 8.68. The minimum Gasteiger partial charge on any atom is -0.400 e. The van der Waals surface area contributed by atoms with E-state index >= 15 is 0 Å². The Balaban J connectivity index is 0. The Bertz CT molecular complexity index is 485. The quantitative estimate of drug-likeness (QED) is 0.488. The van der Waals surface area contributed by atoms with E-state index in [-0.39, 0.29) is 0 Å². The predicted molar refractivity (Wildman–Crippen MR) is 113 cm³/mol. The molecule has 0 aromatic heterocycles. The molecule has 0 spiro atoms. The van der Waals surface area contributed by atoms with Crippen molar-refractivity contribution in [1.29, 1.82) is 0 Å². The van der Waals surface area contributed by atoms with Gasteiger partial charge in [-0.25, -0.2) is 0 Å². The summed E-state index contributed by atoms with van der Waals surface area (Å²) in [5, 5.41) is 7.00. The van der Waals surface area contributed by atoms with Crippen molar-refractivity contribution in [2.45, 2.75) is 34.6 Å². The molecule has 0 bridgehead atoms. The predicted octanol–water partition coefficient (Wildman–Crippen LogP) is 6.62. The second-order valence-corrected chi connectivity index (χ2v) is 4.96. The fourth-order valence-electron chi connectivity index (χ4n) is 1.60. The zero-order chi connectivity index (χ0) is 19.3. The van der Waals surface area contributed by atoms with Crippen LogP contribution in [0.1, 0.15) is 30.5 Å². The van der Waals surface area contributed by atoms with Crippen molar-refractivity contribution >= 4 is 0 Å². The zero-order valence-corrected chi connectivity index (χ0v) is 16.6. The summed E-state index contributed by atoms with van der Waals surface area (Å²) in [7, 11) is 1.00. The Labute approximate surface area is 155 Å². The molecular weight excluding hydrogens is 304 g/mol. The Morgan fingerprint density at radius 1 is 0.400 bits per heavy atom. The van der Waals surface area contributed by atoms with Crippen LogP contribution in [0.3, 0.4) is 0 Å². The highest BCUT2D eigenvalue weighted by atomic mass is 16.2. The van der Waals surface area contributed by atoms with Gasteiger partial charge < -0.3 is 5.11 Å². The average molecular weight is 339 g/mol. The lowest BCUT2D eigenvalue weighted by Gasteiger charge is -1.82. The highest BCUT2D eigenvalue weighted by Crippen LogP contribution is 1.93. The average Bonchev–Trinajstić information content (AvgIpc) is 2.68. The van der Waals surface area contributed by atoms with E-state index in [1.165, 1.54) is 16.7 Å². The number of rotatable bonds is 0. The molecule has 0 saturated carbocycles. The summed E-state index contributed by atoms with van der Waals surface area (Å²) < 4.78 is 0. The lowest BCUT2D eigenvalue weighted by Crippen LogP contribution is -1.62. The fourth-order valence-corrected chi connectivity index (χ4v) is 1.60. The number of aliphatic hydroxyl groups is 1. The maximum atomic E-state index is 7.00. The second-order valence-electron chi connectivity index (χ2n) is 4.96. The van der Waals surface area contributed by atoms with Crippen LogP contribution in [0.2, 0.25) is 0 Å². The van der Waals surface area contributed by atoms with Gasteiger partial charge in [0.1, 0.15) is 0 Å². The number of hydrogen-bond donors (Lipinski definition) is 1. The molecule has 0 unspecified atom stereocenters. The van der Waals surface area contributed by atoms with Gasteiger partial charge in [-0.15, -0.1) is 0 Å². The molecule has 25 heavy (non-hydrogen) atoms. The van der Waals surface area contributed by atoms with Crippen molar-refractivity contribution in [3.8, 4) is 0 Å². The lowest BCUT2D eigenvalue weighted by atomic mass is 10.2. The van der Waals surface area contributed by atoms with Crippen LogP contribution in [0.5, 0.6) is 0 Å². The Morgan fingerprint density at radius 3 is 0.640 bits per heavy atom. The van der Waals surface area contributed by atoms with Gasteiger partial charge in [0.05, 0.1) is 0 Å². The minimum atomic E-state index is 1.00. The number of hydrogen-bond acceptors (Lipinski definition) is 1. The molecular formula is C24H34O. The van der Waals surface area contributed by atoms with Crippen molar-refractivity contribution in [2.24, 2.45) is 0 Å². The molecule has 0 radical (unpaired) electrons. The molecule has 0 heterocycles. The van der Waals surface area contributed by atoms with E-state index in [4.69, 9.17) is 5.11 Å². The largest absolute Gasteiger partial charge is 0.400 e. The molecule has 3 rings (SSSR count). The minimum absolute atomic E-state index is 1.00. The van der Waals surface area contributed by atoms with Crippen molar-refractivity contribution in [3.05, 3.63) is 108 Å². The zero-order valence-electron chi connectivity index (χ0n) is 16.6. The molecule has 0 aliphatic carbocycles. The highest BCUT2D eigenvalue weighted by molar-refractivity contribution is 5.12. The monoisotopic (exact) mass is 338 g/mol. The number of benzene rings is 3. The van der Waals surface area contributed by atoms with Crippen LogP contribution in [-0.2, 0) is 0 Å². The van der Waals surface area contributed by atoms with E-state index in [0.717, 1.165) is 7.11 Å². The van der Waals surface area contributed by atoms with E-state index in [1.54, 1.807) is 0 Å². The van der Waals surface area contributed by atoms with Gasteiger partial charge in [-0.2, -0.15) is 0 Å². The third-order valence-electron chi connectivity index (χ3n) is 2.82. The van der Waals surface area contributed by atoms with Crippen LogP contribution in [0, 0.1) is 20.8 Å². The van der Waals surface area contributed by atoms with Crippen LogP contribution in [0.15, 0.2) is 91.0 Å². The topological polar surface area (TPSA) is 20.2 Å². The first-order chi connectivity index (χ1) is 12.2. The number of aryl methyl sites for hydroxylation is 3. The standard InChI is InChI=1S/3C7H8.C2H6.CH4O/c3*1-7-5-3-2-4-6-7;2*1-2/h3*2-6H,1H3;1-2H3;2H,1H3. The van der Waals surface area contributed by atoms with Gasteiger partial charge in [-0.3, -0.25) is 0 Å². The maximum absolute atomic E-state index is 7.00. The van der Waals surface area contributed by atoms with Crippen LogP contribution >= 0.6 is 0 Å². The van der Waals surface area contributed by atoms with E-state index in [1.807, 2.05) is 68.4 Å². The van der Waals surface area contributed by atoms with Gasteiger partial charge in [-0.05, 0) is 20.8 Å². The molecule has 0 atom stereocenters. The van der Waals surface area contributed by atoms with Gasteiger partial charge in [-0.1, -0.05) is 122 Å². The summed E-state index contributed by atoms with van der Waals surface area (Å²) in [6.45, 7) is 10.3. The van der Waals surface area contributed by atoms with Gasteiger partial charge in [0.15, 0.2) is 0 Å². The second kappa shape index (κ2) is 19.7. The summed E-state index contributed by atoms with van der Waals surface area (Å²) in [5.74, 6) is 0. The molecule has 136 valence electrons. The molecule has 1 nitrogen and oxygen atoms in total. The van der Waals surface area contributed by atoms with Crippen molar-refractivity contribution in [3.63, 3.8) is 0 Å². The van der Waals surface area contributed by atoms with E-state index in [2.05, 4.69) is 57.2 Å². The summed E-state index contributed by atoms with van der Waals surface area (Å²) in [6.07, 6.45) is 0. The molecule has 0 aliphatic rings. The summed E-state index contributed by atoms with van der Waals surface area (Å²) in [5.41, 5.74) is 3.97. The van der Waals surface area contributed by atoms with E-state index in [0.29, 0.717) is 0 Å². The van der Waals surface area contributed by atoms with E-state index in [9.17, 15) is 0 Å². The highest BCUT2D eigenvalue weighted by Gasteiger charge is 1.73. The lowest BCUT2D eigenvalue weighted by molar-refractivity contribution is 0.399. The van der Waals surface area contributed by atoms with Gasteiger partial charge >= 0.3 is 0 Å². The smallest absolute Gasteiger partial charge is 0.0319 e. The molecule has 0 aliphatic heterocycles. The van der Waals surface area contributed by atoms with Crippen LogP contribution in [0.25, 0.3) is 0 Å². The molecule has 0 fully saturated rings. The third kappa shape index (κ3) is 17.8. The van der Waals surface area contributed by atoms with Gasteiger partial charge in [0.2, 0.25) is 0 Å². The van der Waals surface area contributed by atoms with Crippen LogP contribution in [0.4, 0.5) is 0 Å². The first-order valence-corrected chi connectivity index (χ1v) is 8.68. The van der Waals surface area contributed by atoms with E-state index < -0.39 is 0 Å². The summed E-state index contributed by atoms with van der Waals surface area (Å²) in [6, 6.07) is 30.8.